The summed E-state index contributed by atoms with van der Waals surface area (Å²) in [6, 6.07) is 7.33. The Morgan fingerprint density at radius 2 is 1.65 bits per heavy atom. The Balaban J connectivity index is 1.48. The zero-order valence-electron chi connectivity index (χ0n) is 23.5. The van der Waals surface area contributed by atoms with Crippen molar-refractivity contribution in [3.05, 3.63) is 63.0 Å². The van der Waals surface area contributed by atoms with Crippen LogP contribution in [0.3, 0.4) is 0 Å². The second-order valence-corrected chi connectivity index (χ2v) is 12.2. The maximum absolute atomic E-state index is 13.7. The van der Waals surface area contributed by atoms with Gasteiger partial charge in [-0.05, 0) is 69.4 Å². The molecule has 2 heterocycles. The first-order chi connectivity index (χ1) is 19.0. The fraction of sp³-hybridized carbons (Fsp3) is 0.379. The number of aryl methyl sites for hydroxylation is 4. The van der Waals surface area contributed by atoms with Crippen LogP contribution in [0.1, 0.15) is 46.5 Å². The van der Waals surface area contributed by atoms with Gasteiger partial charge in [0.2, 0.25) is 15.9 Å². The minimum Gasteiger partial charge on any atom is -0.495 e. The van der Waals surface area contributed by atoms with Crippen molar-refractivity contribution in [2.75, 3.05) is 32.6 Å². The predicted molar refractivity (Wildman–Crippen MR) is 155 cm³/mol. The Morgan fingerprint density at radius 1 is 1.02 bits per heavy atom. The molecule has 4 rings (SSSR count). The normalized spacial score (nSPS) is 15.0. The standard InChI is InChI=1S/C29H34ClN3O6S/c1-17-13-18(2)22(19(3)14-17)7-8-25-28(20(4)32-39-25)40(35,36)33-11-9-21(10-12-33)29(34)31-24-15-23(30)26(37-5)16-27(24)38-6/h7-8,13-16,21H,9-12H2,1-6H3,(H,31,34)/b8-7+. The maximum atomic E-state index is 13.7. The van der Waals surface area contributed by atoms with Gasteiger partial charge in [0.15, 0.2) is 10.7 Å². The average molecular weight is 588 g/mol. The molecule has 1 aromatic heterocycles. The number of carbonyl (C=O) groups excluding carboxylic acids is 1. The van der Waals surface area contributed by atoms with Gasteiger partial charge in [-0.15, -0.1) is 0 Å². The molecule has 0 atom stereocenters. The van der Waals surface area contributed by atoms with Crippen LogP contribution in [0.5, 0.6) is 11.5 Å². The molecule has 214 valence electrons. The quantitative estimate of drug-likeness (QED) is 0.355. The van der Waals surface area contributed by atoms with Crippen molar-refractivity contribution in [3.63, 3.8) is 0 Å². The SMILES string of the molecule is COc1cc(OC)c(NC(=O)C2CCN(S(=O)(=O)c3c(C)noc3/C=C/c3c(C)cc(C)cc3C)CC2)cc1Cl. The lowest BCUT2D eigenvalue weighted by molar-refractivity contribution is -0.120. The van der Waals surface area contributed by atoms with E-state index in [1.165, 1.54) is 18.5 Å². The monoisotopic (exact) mass is 587 g/mol. The number of nitrogens with zero attached hydrogens (tertiary/aromatic N) is 2. The Labute approximate surface area is 240 Å². The van der Waals surface area contributed by atoms with Crippen molar-refractivity contribution in [1.29, 1.82) is 0 Å². The number of ether oxygens (including phenoxy) is 2. The molecule has 1 amide bonds. The molecule has 40 heavy (non-hydrogen) atoms. The number of benzene rings is 2. The minimum absolute atomic E-state index is 0.0479. The van der Waals surface area contributed by atoms with E-state index in [4.69, 9.17) is 25.6 Å². The number of anilines is 1. The highest BCUT2D eigenvalue weighted by atomic mass is 35.5. The second-order valence-electron chi connectivity index (χ2n) is 9.96. The van der Waals surface area contributed by atoms with E-state index in [1.54, 1.807) is 25.1 Å². The van der Waals surface area contributed by atoms with Crippen molar-refractivity contribution in [2.45, 2.75) is 45.4 Å². The van der Waals surface area contributed by atoms with Gasteiger partial charge in [0.25, 0.3) is 0 Å². The number of sulfonamides is 1. The third-order valence-electron chi connectivity index (χ3n) is 7.13. The summed E-state index contributed by atoms with van der Waals surface area (Å²) >= 11 is 6.23. The lowest BCUT2D eigenvalue weighted by Crippen LogP contribution is -2.41. The smallest absolute Gasteiger partial charge is 0.248 e. The van der Waals surface area contributed by atoms with Crippen LogP contribution in [-0.2, 0) is 14.8 Å². The number of hydrogen-bond acceptors (Lipinski definition) is 7. The van der Waals surface area contributed by atoms with E-state index in [2.05, 4.69) is 22.6 Å². The van der Waals surface area contributed by atoms with Crippen molar-refractivity contribution >= 4 is 45.4 Å². The first-order valence-electron chi connectivity index (χ1n) is 12.9. The van der Waals surface area contributed by atoms with Gasteiger partial charge in [0.1, 0.15) is 17.2 Å². The predicted octanol–water partition coefficient (Wildman–Crippen LogP) is 5.79. The molecule has 1 fully saturated rings. The number of carbonyl (C=O) groups is 1. The van der Waals surface area contributed by atoms with E-state index < -0.39 is 10.0 Å². The molecule has 1 saturated heterocycles. The zero-order valence-corrected chi connectivity index (χ0v) is 25.1. The number of rotatable bonds is 8. The fourth-order valence-electron chi connectivity index (χ4n) is 5.09. The summed E-state index contributed by atoms with van der Waals surface area (Å²) in [7, 11) is -0.920. The van der Waals surface area contributed by atoms with Crippen molar-refractivity contribution in [3.8, 4) is 11.5 Å². The third kappa shape index (κ3) is 6.04. The summed E-state index contributed by atoms with van der Waals surface area (Å²) in [5.41, 5.74) is 5.05. The highest BCUT2D eigenvalue weighted by Crippen LogP contribution is 2.37. The Kier molecular flexibility index (Phi) is 8.92. The molecule has 1 aliphatic rings. The molecule has 3 aromatic rings. The van der Waals surface area contributed by atoms with Gasteiger partial charge in [-0.3, -0.25) is 4.79 Å². The molecule has 1 N–H and O–H groups in total. The molecule has 0 radical (unpaired) electrons. The van der Waals surface area contributed by atoms with E-state index in [9.17, 15) is 13.2 Å². The van der Waals surface area contributed by atoms with Crippen LogP contribution < -0.4 is 14.8 Å². The van der Waals surface area contributed by atoms with E-state index in [0.29, 0.717) is 40.7 Å². The fourth-order valence-corrected chi connectivity index (χ4v) is 7.05. The Hall–Kier alpha value is -3.34. The molecule has 0 spiro atoms. The van der Waals surface area contributed by atoms with Crippen LogP contribution in [-0.4, -0.2) is 51.1 Å². The zero-order chi connectivity index (χ0) is 29.2. The summed E-state index contributed by atoms with van der Waals surface area (Å²) in [6.07, 6.45) is 4.23. The summed E-state index contributed by atoms with van der Waals surface area (Å²) in [4.78, 5) is 13.1. The Bertz CT molecular complexity index is 1530. The molecule has 0 saturated carbocycles. The van der Waals surface area contributed by atoms with Crippen LogP contribution in [0.4, 0.5) is 5.69 Å². The number of methoxy groups -OCH3 is 2. The summed E-state index contributed by atoms with van der Waals surface area (Å²) < 4.78 is 44.7. The van der Waals surface area contributed by atoms with Gasteiger partial charge in [-0.25, -0.2) is 8.42 Å². The number of halogens is 1. The first-order valence-corrected chi connectivity index (χ1v) is 14.7. The minimum atomic E-state index is -3.90. The van der Waals surface area contributed by atoms with Crippen LogP contribution in [0, 0.1) is 33.6 Å². The summed E-state index contributed by atoms with van der Waals surface area (Å²) in [5, 5.41) is 7.14. The van der Waals surface area contributed by atoms with Crippen molar-refractivity contribution < 1.29 is 27.2 Å². The lowest BCUT2D eigenvalue weighted by Gasteiger charge is -2.30. The average Bonchev–Trinajstić information content (AvgIpc) is 3.29. The molecular weight excluding hydrogens is 554 g/mol. The molecule has 0 bridgehead atoms. The number of aromatic nitrogens is 1. The van der Waals surface area contributed by atoms with Gasteiger partial charge < -0.3 is 19.3 Å². The number of hydrogen-bond donors (Lipinski definition) is 1. The van der Waals surface area contributed by atoms with E-state index >= 15 is 0 Å². The van der Waals surface area contributed by atoms with Crippen molar-refractivity contribution in [1.82, 2.24) is 9.46 Å². The topological polar surface area (TPSA) is 111 Å². The molecule has 2 aromatic carbocycles. The van der Waals surface area contributed by atoms with E-state index in [-0.39, 0.29) is 35.6 Å². The third-order valence-corrected chi connectivity index (χ3v) is 9.48. The number of amides is 1. The highest BCUT2D eigenvalue weighted by Gasteiger charge is 2.36. The lowest BCUT2D eigenvalue weighted by atomic mass is 9.97. The van der Waals surface area contributed by atoms with Crippen molar-refractivity contribution in [2.24, 2.45) is 5.92 Å². The van der Waals surface area contributed by atoms with E-state index in [0.717, 1.165) is 22.3 Å². The van der Waals surface area contributed by atoms with Gasteiger partial charge >= 0.3 is 0 Å². The largest absolute Gasteiger partial charge is 0.495 e. The van der Waals surface area contributed by atoms with Gasteiger partial charge in [-0.1, -0.05) is 40.5 Å². The number of piperidine rings is 1. The van der Waals surface area contributed by atoms with Gasteiger partial charge in [0, 0.05) is 25.1 Å². The summed E-state index contributed by atoms with van der Waals surface area (Å²) in [6.45, 7) is 8.06. The molecule has 0 aliphatic carbocycles. The molecule has 1 aliphatic heterocycles. The van der Waals surface area contributed by atoms with Gasteiger partial charge in [-0.2, -0.15) is 4.31 Å². The maximum Gasteiger partial charge on any atom is 0.248 e. The molecule has 0 unspecified atom stereocenters. The molecule has 11 heteroatoms. The number of nitrogens with one attached hydrogen (secondary N) is 1. The molecule has 9 nitrogen and oxygen atoms in total. The summed E-state index contributed by atoms with van der Waals surface area (Å²) in [5.74, 6) is 0.407. The van der Waals surface area contributed by atoms with E-state index in [1.807, 2.05) is 26.8 Å². The Morgan fingerprint density at radius 3 is 2.25 bits per heavy atom. The first kappa shape index (κ1) is 29.6. The van der Waals surface area contributed by atoms with Crippen LogP contribution in [0.25, 0.3) is 12.2 Å². The highest BCUT2D eigenvalue weighted by molar-refractivity contribution is 7.89. The van der Waals surface area contributed by atoms with Crippen LogP contribution in [0.15, 0.2) is 33.7 Å². The van der Waals surface area contributed by atoms with Gasteiger partial charge in [0.05, 0.1) is 24.9 Å². The van der Waals surface area contributed by atoms with Crippen LogP contribution >= 0.6 is 11.6 Å². The molecular formula is C29H34ClN3O6S. The van der Waals surface area contributed by atoms with Crippen LogP contribution in [0.2, 0.25) is 5.02 Å². The second kappa shape index (κ2) is 12.0.